The average Bonchev–Trinajstić information content (AvgIpc) is 2.33. The van der Waals surface area contributed by atoms with Gasteiger partial charge in [0.1, 0.15) is 6.10 Å². The standard InChI is InChI=1S/C14H22N2O/c1-3-11-5-4-6-12(8-11)17-14-13(15)7-10(2)9-16-14/h7,9,11-12H,3-6,8,15H2,1-2H3. The summed E-state index contributed by atoms with van der Waals surface area (Å²) < 4.78 is 5.94. The highest BCUT2D eigenvalue weighted by Gasteiger charge is 2.22. The summed E-state index contributed by atoms with van der Waals surface area (Å²) in [6.07, 6.45) is 8.23. The molecule has 2 unspecified atom stereocenters. The Morgan fingerprint density at radius 2 is 2.29 bits per heavy atom. The molecule has 1 aliphatic carbocycles. The molecule has 3 heteroatoms. The minimum absolute atomic E-state index is 0.297. The Hall–Kier alpha value is -1.25. The van der Waals surface area contributed by atoms with Crippen molar-refractivity contribution >= 4 is 5.69 Å². The molecule has 2 N–H and O–H groups in total. The fourth-order valence-electron chi connectivity index (χ4n) is 2.56. The summed E-state index contributed by atoms with van der Waals surface area (Å²) in [6.45, 7) is 4.24. The molecule has 17 heavy (non-hydrogen) atoms. The van der Waals surface area contributed by atoms with Crippen LogP contribution in [0.5, 0.6) is 5.88 Å². The van der Waals surface area contributed by atoms with Gasteiger partial charge >= 0.3 is 0 Å². The van der Waals surface area contributed by atoms with Crippen LogP contribution in [0.15, 0.2) is 12.3 Å². The molecule has 3 nitrogen and oxygen atoms in total. The molecule has 0 radical (unpaired) electrons. The molecule has 1 aromatic heterocycles. The van der Waals surface area contributed by atoms with Gasteiger partial charge in [-0.3, -0.25) is 0 Å². The highest BCUT2D eigenvalue weighted by molar-refractivity contribution is 5.49. The van der Waals surface area contributed by atoms with Crippen molar-refractivity contribution in [3.8, 4) is 5.88 Å². The molecule has 94 valence electrons. The fourth-order valence-corrected chi connectivity index (χ4v) is 2.56. The van der Waals surface area contributed by atoms with Crippen LogP contribution in [0.25, 0.3) is 0 Å². The highest BCUT2D eigenvalue weighted by atomic mass is 16.5. The number of aryl methyl sites for hydroxylation is 1. The molecule has 2 atom stereocenters. The first-order valence-corrected chi connectivity index (χ1v) is 6.57. The maximum absolute atomic E-state index is 5.94. The van der Waals surface area contributed by atoms with Gasteiger partial charge in [0.2, 0.25) is 5.88 Å². The van der Waals surface area contributed by atoms with Gasteiger partial charge in [-0.1, -0.05) is 19.8 Å². The number of ether oxygens (including phenoxy) is 1. The molecule has 0 aromatic carbocycles. The number of hydrogen-bond acceptors (Lipinski definition) is 3. The molecule has 0 amide bonds. The first kappa shape index (κ1) is 12.2. The van der Waals surface area contributed by atoms with Gasteiger partial charge in [0.15, 0.2) is 0 Å². The molecule has 0 spiro atoms. The molecule has 2 rings (SSSR count). The summed E-state index contributed by atoms with van der Waals surface area (Å²) in [6, 6.07) is 1.92. The van der Waals surface area contributed by atoms with Crippen molar-refractivity contribution in [1.82, 2.24) is 4.98 Å². The quantitative estimate of drug-likeness (QED) is 0.872. The van der Waals surface area contributed by atoms with E-state index in [9.17, 15) is 0 Å². The van der Waals surface area contributed by atoms with E-state index in [1.807, 2.05) is 19.2 Å². The summed E-state index contributed by atoms with van der Waals surface area (Å²) in [5, 5.41) is 0. The molecule has 0 aliphatic heterocycles. The largest absolute Gasteiger partial charge is 0.473 e. The van der Waals surface area contributed by atoms with Crippen molar-refractivity contribution in [2.75, 3.05) is 5.73 Å². The Morgan fingerprint density at radius 1 is 1.47 bits per heavy atom. The zero-order valence-corrected chi connectivity index (χ0v) is 10.8. The van der Waals surface area contributed by atoms with Gasteiger partial charge in [-0.2, -0.15) is 0 Å². The third kappa shape index (κ3) is 3.11. The molecule has 1 heterocycles. The van der Waals surface area contributed by atoms with Crippen molar-refractivity contribution < 1.29 is 4.74 Å². The molecule has 0 saturated heterocycles. The van der Waals surface area contributed by atoms with Crippen molar-refractivity contribution in [3.05, 3.63) is 17.8 Å². The van der Waals surface area contributed by atoms with Gasteiger partial charge in [-0.05, 0) is 43.7 Å². The second-order valence-corrected chi connectivity index (χ2v) is 5.09. The lowest BCUT2D eigenvalue weighted by Crippen LogP contribution is -2.25. The number of nitrogen functional groups attached to an aromatic ring is 1. The number of pyridine rings is 1. The van der Waals surface area contributed by atoms with E-state index in [0.717, 1.165) is 24.3 Å². The van der Waals surface area contributed by atoms with E-state index < -0.39 is 0 Å². The van der Waals surface area contributed by atoms with Crippen molar-refractivity contribution in [3.63, 3.8) is 0 Å². The van der Waals surface area contributed by atoms with Gasteiger partial charge in [0.05, 0.1) is 5.69 Å². The van der Waals surface area contributed by atoms with Gasteiger partial charge < -0.3 is 10.5 Å². The third-order valence-corrected chi connectivity index (χ3v) is 3.61. The summed E-state index contributed by atoms with van der Waals surface area (Å²) in [4.78, 5) is 4.28. The second-order valence-electron chi connectivity index (χ2n) is 5.09. The third-order valence-electron chi connectivity index (χ3n) is 3.61. The van der Waals surface area contributed by atoms with Crippen LogP contribution in [0.3, 0.4) is 0 Å². The van der Waals surface area contributed by atoms with Crippen LogP contribution in [0.4, 0.5) is 5.69 Å². The Kier molecular flexibility index (Phi) is 3.87. The first-order valence-electron chi connectivity index (χ1n) is 6.57. The molecular formula is C14H22N2O. The fraction of sp³-hybridized carbons (Fsp3) is 0.643. The zero-order valence-electron chi connectivity index (χ0n) is 10.8. The van der Waals surface area contributed by atoms with Crippen LogP contribution >= 0.6 is 0 Å². The van der Waals surface area contributed by atoms with Gasteiger partial charge in [0.25, 0.3) is 0 Å². The van der Waals surface area contributed by atoms with E-state index in [0.29, 0.717) is 17.7 Å². The summed E-state index contributed by atoms with van der Waals surface area (Å²) in [7, 11) is 0. The summed E-state index contributed by atoms with van der Waals surface area (Å²) in [5.41, 5.74) is 7.65. The summed E-state index contributed by atoms with van der Waals surface area (Å²) in [5.74, 6) is 1.41. The number of nitrogens with zero attached hydrogens (tertiary/aromatic N) is 1. The molecular weight excluding hydrogens is 212 g/mol. The smallest absolute Gasteiger partial charge is 0.237 e. The minimum atomic E-state index is 0.297. The highest BCUT2D eigenvalue weighted by Crippen LogP contribution is 2.30. The van der Waals surface area contributed by atoms with E-state index in [4.69, 9.17) is 10.5 Å². The van der Waals surface area contributed by atoms with Crippen LogP contribution in [0, 0.1) is 12.8 Å². The Labute approximate surface area is 103 Å². The van der Waals surface area contributed by atoms with Gasteiger partial charge in [0, 0.05) is 6.20 Å². The number of nitrogens with two attached hydrogens (primary N) is 1. The lowest BCUT2D eigenvalue weighted by Gasteiger charge is -2.28. The van der Waals surface area contributed by atoms with E-state index in [1.54, 1.807) is 0 Å². The van der Waals surface area contributed by atoms with Crippen LogP contribution in [-0.4, -0.2) is 11.1 Å². The lowest BCUT2D eigenvalue weighted by molar-refractivity contribution is 0.118. The number of rotatable bonds is 3. The number of hydrogen-bond donors (Lipinski definition) is 1. The second kappa shape index (κ2) is 5.39. The number of anilines is 1. The predicted molar refractivity (Wildman–Crippen MR) is 70.1 cm³/mol. The van der Waals surface area contributed by atoms with Gasteiger partial charge in [-0.25, -0.2) is 4.98 Å². The summed E-state index contributed by atoms with van der Waals surface area (Å²) >= 11 is 0. The van der Waals surface area contributed by atoms with E-state index in [-0.39, 0.29) is 0 Å². The maximum atomic E-state index is 5.94. The van der Waals surface area contributed by atoms with Crippen LogP contribution in [0.1, 0.15) is 44.6 Å². The normalized spacial score (nSPS) is 24.6. The monoisotopic (exact) mass is 234 g/mol. The molecule has 1 fully saturated rings. The van der Waals surface area contributed by atoms with Gasteiger partial charge in [-0.15, -0.1) is 0 Å². The number of aromatic nitrogens is 1. The van der Waals surface area contributed by atoms with Crippen LogP contribution in [-0.2, 0) is 0 Å². The van der Waals surface area contributed by atoms with E-state index in [2.05, 4.69) is 11.9 Å². The Balaban J connectivity index is 2.00. The van der Waals surface area contributed by atoms with Crippen LogP contribution in [0.2, 0.25) is 0 Å². The minimum Gasteiger partial charge on any atom is -0.473 e. The predicted octanol–water partition coefficient (Wildman–Crippen LogP) is 3.32. The molecule has 1 aromatic rings. The van der Waals surface area contributed by atoms with Crippen molar-refractivity contribution in [1.29, 1.82) is 0 Å². The van der Waals surface area contributed by atoms with E-state index >= 15 is 0 Å². The Morgan fingerprint density at radius 3 is 3.00 bits per heavy atom. The molecule has 1 saturated carbocycles. The molecule has 1 aliphatic rings. The van der Waals surface area contributed by atoms with Crippen molar-refractivity contribution in [2.45, 2.75) is 52.1 Å². The Bertz CT molecular complexity index is 378. The van der Waals surface area contributed by atoms with Crippen LogP contribution < -0.4 is 10.5 Å². The van der Waals surface area contributed by atoms with E-state index in [1.165, 1.54) is 19.3 Å². The lowest BCUT2D eigenvalue weighted by atomic mass is 9.85. The van der Waals surface area contributed by atoms with Crippen molar-refractivity contribution in [2.24, 2.45) is 5.92 Å². The first-order chi connectivity index (χ1) is 8.19. The molecule has 0 bridgehead atoms. The topological polar surface area (TPSA) is 48.1 Å². The zero-order chi connectivity index (χ0) is 12.3. The average molecular weight is 234 g/mol. The maximum Gasteiger partial charge on any atom is 0.237 e. The SMILES string of the molecule is CCC1CCCC(Oc2ncc(C)cc2N)C1.